The Balaban J connectivity index is 3.28. The van der Waals surface area contributed by atoms with E-state index in [2.05, 4.69) is 0 Å². The molecule has 4 heteroatoms. The van der Waals surface area contributed by atoms with Crippen molar-refractivity contribution in [1.82, 2.24) is 0 Å². The van der Waals surface area contributed by atoms with Gasteiger partial charge in [0.15, 0.2) is 6.29 Å². The van der Waals surface area contributed by atoms with Crippen molar-refractivity contribution in [3.05, 3.63) is 34.9 Å². The van der Waals surface area contributed by atoms with Gasteiger partial charge < -0.3 is 9.84 Å². The highest BCUT2D eigenvalue weighted by molar-refractivity contribution is 5.90. The van der Waals surface area contributed by atoms with Crippen LogP contribution in [0.15, 0.2) is 18.2 Å². The van der Waals surface area contributed by atoms with Crippen LogP contribution in [0.1, 0.15) is 21.5 Å². The summed E-state index contributed by atoms with van der Waals surface area (Å²) in [6, 6.07) is 3.35. The number of benzene rings is 1. The number of carbonyl (C=O) groups is 2. The molecule has 0 bridgehead atoms. The number of methoxy groups -OCH3 is 1. The van der Waals surface area contributed by atoms with Gasteiger partial charge in [0.25, 0.3) is 0 Å². The van der Waals surface area contributed by atoms with E-state index in [0.717, 1.165) is 11.6 Å². The number of carboxylic acid groups (broad SMARTS) is 1. The number of hydrogen-bond acceptors (Lipinski definition) is 3. The van der Waals surface area contributed by atoms with Gasteiger partial charge in [-0.15, -0.1) is 0 Å². The summed E-state index contributed by atoms with van der Waals surface area (Å²) in [6.07, 6.45) is 3.07. The molecule has 1 rings (SSSR count). The van der Waals surface area contributed by atoms with Crippen LogP contribution >= 0.6 is 0 Å². The van der Waals surface area contributed by atoms with Crippen LogP contribution in [0.2, 0.25) is 0 Å². The Hall–Kier alpha value is -2.10. The van der Waals surface area contributed by atoms with Crippen molar-refractivity contribution in [3.8, 4) is 5.75 Å². The Labute approximate surface area is 93.2 Å². The van der Waals surface area contributed by atoms with E-state index in [1.807, 2.05) is 0 Å². The van der Waals surface area contributed by atoms with Crippen LogP contribution in [0, 0.1) is 6.92 Å². The first-order valence-electron chi connectivity index (χ1n) is 4.63. The number of carboxylic acids is 1. The number of rotatable bonds is 4. The van der Waals surface area contributed by atoms with Gasteiger partial charge >= 0.3 is 5.97 Å². The second-order valence-corrected chi connectivity index (χ2v) is 3.24. The molecule has 4 nitrogen and oxygen atoms in total. The third-order valence-electron chi connectivity index (χ3n) is 2.15. The fourth-order valence-corrected chi connectivity index (χ4v) is 1.37. The summed E-state index contributed by atoms with van der Waals surface area (Å²) in [6.45, 7) is 1.77. The number of carbonyl (C=O) groups excluding carboxylic acids is 1. The third-order valence-corrected chi connectivity index (χ3v) is 2.15. The number of aryl methyl sites for hydroxylation is 1. The predicted octanol–water partition coefficient (Wildman–Crippen LogP) is 1.91. The monoisotopic (exact) mass is 220 g/mol. The average Bonchev–Trinajstić information content (AvgIpc) is 2.25. The van der Waals surface area contributed by atoms with E-state index in [1.165, 1.54) is 13.2 Å². The van der Waals surface area contributed by atoms with E-state index >= 15 is 0 Å². The fourth-order valence-electron chi connectivity index (χ4n) is 1.37. The van der Waals surface area contributed by atoms with Gasteiger partial charge in [-0.05, 0) is 36.3 Å². The quantitative estimate of drug-likeness (QED) is 0.622. The summed E-state index contributed by atoms with van der Waals surface area (Å²) in [5.74, 6) is -0.467. The predicted molar refractivity (Wildman–Crippen MR) is 59.8 cm³/mol. The molecular formula is C12H12O4. The fraction of sp³-hybridized carbons (Fsp3) is 0.167. The molecule has 0 aliphatic carbocycles. The van der Waals surface area contributed by atoms with Crippen LogP contribution in [0.5, 0.6) is 5.75 Å². The summed E-state index contributed by atoms with van der Waals surface area (Å²) < 4.78 is 5.04. The van der Waals surface area contributed by atoms with Crippen molar-refractivity contribution in [3.63, 3.8) is 0 Å². The minimum Gasteiger partial charge on any atom is -0.497 e. The molecule has 0 fully saturated rings. The van der Waals surface area contributed by atoms with Crippen LogP contribution in [0.3, 0.4) is 0 Å². The van der Waals surface area contributed by atoms with Gasteiger partial charge in [-0.2, -0.15) is 0 Å². The molecule has 84 valence electrons. The van der Waals surface area contributed by atoms with Crippen molar-refractivity contribution in [2.45, 2.75) is 6.92 Å². The Bertz CT molecular complexity index is 447. The maximum absolute atomic E-state index is 10.9. The summed E-state index contributed by atoms with van der Waals surface area (Å²) in [5, 5.41) is 8.53. The maximum atomic E-state index is 10.9. The number of ether oxygens (including phenoxy) is 1. The third kappa shape index (κ3) is 2.70. The minimum absolute atomic E-state index is 0.471. The van der Waals surface area contributed by atoms with Gasteiger partial charge in [-0.25, -0.2) is 4.79 Å². The lowest BCUT2D eigenvalue weighted by Gasteiger charge is -2.07. The zero-order valence-electron chi connectivity index (χ0n) is 9.06. The van der Waals surface area contributed by atoms with E-state index in [0.29, 0.717) is 23.2 Å². The van der Waals surface area contributed by atoms with Crippen LogP contribution in [-0.4, -0.2) is 24.5 Å². The van der Waals surface area contributed by atoms with Gasteiger partial charge in [-0.3, -0.25) is 4.79 Å². The lowest BCUT2D eigenvalue weighted by Crippen LogP contribution is -1.95. The van der Waals surface area contributed by atoms with E-state index in [1.54, 1.807) is 19.1 Å². The van der Waals surface area contributed by atoms with Gasteiger partial charge in [-0.1, -0.05) is 0 Å². The first-order chi connectivity index (χ1) is 7.58. The lowest BCUT2D eigenvalue weighted by molar-refractivity contribution is -0.131. The first-order valence-corrected chi connectivity index (χ1v) is 4.63. The smallest absolute Gasteiger partial charge is 0.328 e. The summed E-state index contributed by atoms with van der Waals surface area (Å²) in [7, 11) is 1.51. The Morgan fingerprint density at radius 3 is 2.62 bits per heavy atom. The van der Waals surface area contributed by atoms with Gasteiger partial charge in [0.1, 0.15) is 5.75 Å². The van der Waals surface area contributed by atoms with E-state index in [4.69, 9.17) is 9.84 Å². The molecule has 0 spiro atoms. The van der Waals surface area contributed by atoms with Crippen molar-refractivity contribution in [1.29, 1.82) is 0 Å². The van der Waals surface area contributed by atoms with Crippen LogP contribution in [0.4, 0.5) is 0 Å². The van der Waals surface area contributed by atoms with Crippen molar-refractivity contribution >= 4 is 18.3 Å². The normalized spacial score (nSPS) is 10.4. The molecule has 1 aromatic rings. The van der Waals surface area contributed by atoms with Crippen molar-refractivity contribution < 1.29 is 19.4 Å². The summed E-state index contributed by atoms with van der Waals surface area (Å²) in [5.41, 5.74) is 1.76. The van der Waals surface area contributed by atoms with Crippen LogP contribution < -0.4 is 4.74 Å². The molecule has 0 atom stereocenters. The zero-order valence-corrected chi connectivity index (χ0v) is 9.06. The van der Waals surface area contributed by atoms with Crippen LogP contribution in [0.25, 0.3) is 6.08 Å². The molecule has 1 aromatic carbocycles. The Kier molecular flexibility index (Phi) is 3.83. The highest BCUT2D eigenvalue weighted by atomic mass is 16.5. The van der Waals surface area contributed by atoms with Gasteiger partial charge in [0.05, 0.1) is 7.11 Å². The molecule has 0 aromatic heterocycles. The topological polar surface area (TPSA) is 63.6 Å². The molecule has 0 amide bonds. The summed E-state index contributed by atoms with van der Waals surface area (Å²) >= 11 is 0. The molecular weight excluding hydrogens is 208 g/mol. The number of aliphatic carboxylic acids is 1. The average molecular weight is 220 g/mol. The van der Waals surface area contributed by atoms with E-state index in [-0.39, 0.29) is 0 Å². The Morgan fingerprint density at radius 1 is 1.44 bits per heavy atom. The van der Waals surface area contributed by atoms with Gasteiger partial charge in [0, 0.05) is 11.6 Å². The highest BCUT2D eigenvalue weighted by Crippen LogP contribution is 2.22. The molecule has 0 saturated heterocycles. The minimum atomic E-state index is -1.06. The molecule has 1 N–H and O–H groups in total. The van der Waals surface area contributed by atoms with Crippen molar-refractivity contribution in [2.24, 2.45) is 0 Å². The molecule has 0 saturated carbocycles. The largest absolute Gasteiger partial charge is 0.497 e. The molecule has 0 heterocycles. The molecule has 0 radical (unpaired) electrons. The molecule has 0 aliphatic rings. The zero-order chi connectivity index (χ0) is 12.1. The first kappa shape index (κ1) is 12.0. The Morgan fingerprint density at radius 2 is 2.12 bits per heavy atom. The summed E-state index contributed by atoms with van der Waals surface area (Å²) in [4.78, 5) is 21.3. The SMILES string of the molecule is COc1cc(C)c(C=O)c(/C=C/C(=O)O)c1. The van der Waals surface area contributed by atoms with E-state index < -0.39 is 5.97 Å². The molecule has 0 aliphatic heterocycles. The number of hydrogen-bond donors (Lipinski definition) is 1. The second kappa shape index (κ2) is 5.11. The standard InChI is InChI=1S/C12H12O4/c1-8-5-10(16-2)6-9(11(8)7-13)3-4-12(14)15/h3-7H,1-2H3,(H,14,15)/b4-3+. The van der Waals surface area contributed by atoms with Crippen LogP contribution in [-0.2, 0) is 4.79 Å². The second-order valence-electron chi connectivity index (χ2n) is 3.24. The maximum Gasteiger partial charge on any atom is 0.328 e. The van der Waals surface area contributed by atoms with E-state index in [9.17, 15) is 9.59 Å². The number of aldehydes is 1. The lowest BCUT2D eigenvalue weighted by atomic mass is 10.0. The highest BCUT2D eigenvalue weighted by Gasteiger charge is 2.06. The van der Waals surface area contributed by atoms with Crippen molar-refractivity contribution in [2.75, 3.05) is 7.11 Å². The van der Waals surface area contributed by atoms with Gasteiger partial charge in [0.2, 0.25) is 0 Å². The molecule has 0 unspecified atom stereocenters. The molecule has 16 heavy (non-hydrogen) atoms.